The van der Waals surface area contributed by atoms with Crippen molar-refractivity contribution in [3.05, 3.63) is 59.2 Å². The zero-order chi connectivity index (χ0) is 20.2. The van der Waals surface area contributed by atoms with E-state index in [0.29, 0.717) is 11.3 Å². The van der Waals surface area contributed by atoms with Crippen LogP contribution in [0.5, 0.6) is 0 Å². The molecule has 0 aliphatic heterocycles. The van der Waals surface area contributed by atoms with Gasteiger partial charge in [0, 0.05) is 19.8 Å². The van der Waals surface area contributed by atoms with Gasteiger partial charge in [0.05, 0.1) is 10.5 Å². The number of nitrogens with one attached hydrogen (secondary N) is 1. The van der Waals surface area contributed by atoms with E-state index >= 15 is 0 Å². The molecule has 144 valence electrons. The zero-order valence-electron chi connectivity index (χ0n) is 15.6. The molecule has 7 nitrogen and oxygen atoms in total. The van der Waals surface area contributed by atoms with Crippen molar-refractivity contribution in [3.8, 4) is 0 Å². The molecule has 0 radical (unpaired) electrons. The molecule has 0 bridgehead atoms. The second-order valence-electron chi connectivity index (χ2n) is 6.26. The summed E-state index contributed by atoms with van der Waals surface area (Å²) in [4.78, 5) is 24.2. The Kier molecular flexibility index (Phi) is 6.35. The van der Waals surface area contributed by atoms with Gasteiger partial charge in [0.1, 0.15) is 0 Å². The lowest BCUT2D eigenvalue weighted by molar-refractivity contribution is -0.119. The summed E-state index contributed by atoms with van der Waals surface area (Å²) >= 11 is 0. The van der Waals surface area contributed by atoms with E-state index in [0.717, 1.165) is 15.4 Å². The first-order chi connectivity index (χ1) is 12.6. The molecule has 2 rings (SSSR count). The van der Waals surface area contributed by atoms with Crippen LogP contribution in [0.3, 0.4) is 0 Å². The van der Waals surface area contributed by atoms with Crippen molar-refractivity contribution >= 4 is 27.6 Å². The minimum absolute atomic E-state index is 0.0533. The summed E-state index contributed by atoms with van der Waals surface area (Å²) in [6.07, 6.45) is 0. The minimum Gasteiger partial charge on any atom is -0.452 e. The highest BCUT2D eigenvalue weighted by molar-refractivity contribution is 7.89. The summed E-state index contributed by atoms with van der Waals surface area (Å²) in [7, 11) is -0.761. The van der Waals surface area contributed by atoms with Crippen molar-refractivity contribution in [1.29, 1.82) is 0 Å². The Morgan fingerprint density at radius 3 is 2.41 bits per heavy atom. The van der Waals surface area contributed by atoms with Gasteiger partial charge in [-0.2, -0.15) is 0 Å². The van der Waals surface area contributed by atoms with Crippen LogP contribution in [0.4, 0.5) is 5.69 Å². The number of amides is 1. The van der Waals surface area contributed by atoms with E-state index in [1.165, 1.54) is 32.3 Å². The van der Waals surface area contributed by atoms with Crippen molar-refractivity contribution in [2.45, 2.75) is 18.7 Å². The van der Waals surface area contributed by atoms with Crippen LogP contribution >= 0.6 is 0 Å². The van der Waals surface area contributed by atoms with E-state index in [9.17, 15) is 18.0 Å². The van der Waals surface area contributed by atoms with E-state index in [2.05, 4.69) is 5.32 Å². The van der Waals surface area contributed by atoms with Crippen molar-refractivity contribution < 1.29 is 22.7 Å². The number of esters is 1. The van der Waals surface area contributed by atoms with Gasteiger partial charge in [0.25, 0.3) is 5.91 Å². The van der Waals surface area contributed by atoms with E-state index in [4.69, 9.17) is 4.74 Å². The molecule has 0 fully saturated rings. The Bertz CT molecular complexity index is 968. The fraction of sp³-hybridized carbons (Fsp3) is 0.263. The monoisotopic (exact) mass is 390 g/mol. The lowest BCUT2D eigenvalue weighted by Crippen LogP contribution is -2.23. The maximum Gasteiger partial charge on any atom is 0.338 e. The van der Waals surface area contributed by atoms with Gasteiger partial charge in [-0.25, -0.2) is 17.5 Å². The maximum atomic E-state index is 12.1. The Morgan fingerprint density at radius 2 is 1.78 bits per heavy atom. The zero-order valence-corrected chi connectivity index (χ0v) is 16.5. The first-order valence-corrected chi connectivity index (χ1v) is 9.62. The molecule has 0 spiro atoms. The third-order valence-corrected chi connectivity index (χ3v) is 5.64. The van der Waals surface area contributed by atoms with Crippen LogP contribution in [0.2, 0.25) is 0 Å². The first-order valence-electron chi connectivity index (χ1n) is 8.18. The molecule has 0 aliphatic carbocycles. The van der Waals surface area contributed by atoms with Crippen LogP contribution in [0.1, 0.15) is 21.5 Å². The molecule has 1 amide bonds. The Morgan fingerprint density at radius 1 is 1.07 bits per heavy atom. The topological polar surface area (TPSA) is 92.8 Å². The largest absolute Gasteiger partial charge is 0.452 e. The molecule has 8 heteroatoms. The summed E-state index contributed by atoms with van der Waals surface area (Å²) in [6.45, 7) is 3.23. The molecule has 0 aromatic heterocycles. The van der Waals surface area contributed by atoms with Crippen LogP contribution < -0.4 is 5.32 Å². The van der Waals surface area contributed by atoms with E-state index < -0.39 is 28.5 Å². The van der Waals surface area contributed by atoms with Gasteiger partial charge in [-0.05, 0) is 43.7 Å². The van der Waals surface area contributed by atoms with Crippen LogP contribution in [-0.4, -0.2) is 45.3 Å². The number of aryl methyl sites for hydroxylation is 2. The number of hydrogen-bond donors (Lipinski definition) is 1. The van der Waals surface area contributed by atoms with Crippen LogP contribution in [0.15, 0.2) is 47.4 Å². The van der Waals surface area contributed by atoms with Gasteiger partial charge in [0.15, 0.2) is 6.61 Å². The van der Waals surface area contributed by atoms with Gasteiger partial charge >= 0.3 is 5.97 Å². The van der Waals surface area contributed by atoms with Gasteiger partial charge < -0.3 is 10.1 Å². The first kappa shape index (κ1) is 20.6. The number of rotatable bonds is 6. The highest BCUT2D eigenvalue weighted by atomic mass is 32.2. The fourth-order valence-corrected chi connectivity index (χ4v) is 3.34. The highest BCUT2D eigenvalue weighted by Gasteiger charge is 2.18. The number of benzene rings is 2. The average molecular weight is 390 g/mol. The lowest BCUT2D eigenvalue weighted by atomic mass is 10.1. The number of carbonyl (C=O) groups is 2. The summed E-state index contributed by atoms with van der Waals surface area (Å²) in [6, 6.07) is 11.2. The molecule has 0 aliphatic rings. The number of sulfonamides is 1. The van der Waals surface area contributed by atoms with Gasteiger partial charge in [0.2, 0.25) is 10.0 Å². The van der Waals surface area contributed by atoms with Crippen LogP contribution in [0.25, 0.3) is 0 Å². The summed E-state index contributed by atoms with van der Waals surface area (Å²) in [5, 5.41) is 2.52. The van der Waals surface area contributed by atoms with Crippen LogP contribution in [0, 0.1) is 13.8 Å². The number of ether oxygens (including phenoxy) is 1. The maximum absolute atomic E-state index is 12.1. The van der Waals surface area contributed by atoms with Gasteiger partial charge in [-0.1, -0.05) is 23.8 Å². The molecule has 0 saturated carbocycles. The SMILES string of the molecule is Cc1ccc(C(=O)OCC(=O)Nc2cccc(S(=O)(=O)N(C)C)c2)c(C)c1. The van der Waals surface area contributed by atoms with E-state index in [1.54, 1.807) is 25.1 Å². The van der Waals surface area contributed by atoms with Gasteiger partial charge in [-0.15, -0.1) is 0 Å². The Balaban J connectivity index is 2.01. The number of hydrogen-bond acceptors (Lipinski definition) is 5. The third kappa shape index (κ3) is 5.15. The smallest absolute Gasteiger partial charge is 0.338 e. The van der Waals surface area contributed by atoms with Crippen LogP contribution in [-0.2, 0) is 19.6 Å². The lowest BCUT2D eigenvalue weighted by Gasteiger charge is -2.13. The van der Waals surface area contributed by atoms with E-state index in [1.807, 2.05) is 13.0 Å². The molecule has 0 unspecified atom stereocenters. The minimum atomic E-state index is -3.61. The molecule has 0 heterocycles. The Labute approximate surface area is 159 Å². The summed E-state index contributed by atoms with van der Waals surface area (Å²) in [5.41, 5.74) is 2.48. The number of nitrogens with zero attached hydrogens (tertiary/aromatic N) is 1. The second kappa shape index (κ2) is 8.32. The summed E-state index contributed by atoms with van der Waals surface area (Å²) < 4.78 is 30.4. The number of carbonyl (C=O) groups excluding carboxylic acids is 2. The molecule has 27 heavy (non-hydrogen) atoms. The average Bonchev–Trinajstić information content (AvgIpc) is 2.59. The summed E-state index contributed by atoms with van der Waals surface area (Å²) in [5.74, 6) is -1.15. The molecule has 0 saturated heterocycles. The molecular formula is C19H22N2O5S. The third-order valence-electron chi connectivity index (χ3n) is 3.83. The fourth-order valence-electron chi connectivity index (χ4n) is 2.39. The van der Waals surface area contributed by atoms with Gasteiger partial charge in [-0.3, -0.25) is 4.79 Å². The normalized spacial score (nSPS) is 11.3. The predicted molar refractivity (Wildman–Crippen MR) is 102 cm³/mol. The van der Waals surface area contributed by atoms with Crippen molar-refractivity contribution in [1.82, 2.24) is 4.31 Å². The molecule has 2 aromatic rings. The second-order valence-corrected chi connectivity index (χ2v) is 8.41. The molecule has 1 N–H and O–H groups in total. The molecule has 2 aromatic carbocycles. The quantitative estimate of drug-likeness (QED) is 0.765. The van der Waals surface area contributed by atoms with Crippen molar-refractivity contribution in [3.63, 3.8) is 0 Å². The standard InChI is InChI=1S/C19H22N2O5S/c1-13-8-9-17(14(2)10-13)19(23)26-12-18(22)20-15-6-5-7-16(11-15)27(24,25)21(3)4/h5-11H,12H2,1-4H3,(H,20,22). The predicted octanol–water partition coefficient (Wildman–Crippen LogP) is 2.35. The van der Waals surface area contributed by atoms with E-state index in [-0.39, 0.29) is 4.90 Å². The highest BCUT2D eigenvalue weighted by Crippen LogP contribution is 2.18. The Hall–Kier alpha value is -2.71. The molecule has 0 atom stereocenters. The molecular weight excluding hydrogens is 368 g/mol. The van der Waals surface area contributed by atoms with Crippen molar-refractivity contribution in [2.75, 3.05) is 26.0 Å². The number of anilines is 1. The van der Waals surface area contributed by atoms with Crippen molar-refractivity contribution in [2.24, 2.45) is 0 Å².